The van der Waals surface area contributed by atoms with Gasteiger partial charge in [0.25, 0.3) is 10.1 Å². The van der Waals surface area contributed by atoms with Gasteiger partial charge in [-0.05, 0) is 26.8 Å². The van der Waals surface area contributed by atoms with Gasteiger partial charge in [-0.3, -0.25) is 4.18 Å². The van der Waals surface area contributed by atoms with E-state index in [1.54, 1.807) is 39.0 Å². The molecule has 0 fully saturated rings. The van der Waals surface area contributed by atoms with Crippen molar-refractivity contribution in [2.75, 3.05) is 19.4 Å². The monoisotopic (exact) mass is 347 g/mol. The average molecular weight is 347 g/mol. The van der Waals surface area contributed by atoms with Crippen molar-refractivity contribution in [2.24, 2.45) is 0 Å². The fourth-order valence-electron chi connectivity index (χ4n) is 1.69. The topological polar surface area (TPSA) is 72.9 Å². The highest BCUT2D eigenvalue weighted by atomic mass is 32.2. The summed E-state index contributed by atoms with van der Waals surface area (Å²) in [5.41, 5.74) is -0.417. The Hall–Kier alpha value is -1.67. The van der Waals surface area contributed by atoms with Crippen molar-refractivity contribution in [3.05, 3.63) is 35.6 Å². The average Bonchev–Trinajstić information content (AvgIpc) is 2.36. The molecule has 0 aromatic heterocycles. The van der Waals surface area contributed by atoms with Gasteiger partial charge in [0.15, 0.2) is 0 Å². The van der Waals surface area contributed by atoms with E-state index in [-0.39, 0.29) is 19.7 Å². The van der Waals surface area contributed by atoms with Gasteiger partial charge in [0.05, 0.1) is 19.4 Å². The number of amides is 1. The van der Waals surface area contributed by atoms with Gasteiger partial charge in [0.1, 0.15) is 11.4 Å². The zero-order valence-corrected chi connectivity index (χ0v) is 14.5. The maximum Gasteiger partial charge on any atom is 0.410 e. The zero-order chi connectivity index (χ0) is 17.7. The smallest absolute Gasteiger partial charge is 0.410 e. The van der Waals surface area contributed by atoms with Crippen LogP contribution in [0.4, 0.5) is 9.18 Å². The van der Waals surface area contributed by atoms with Gasteiger partial charge in [-0.15, -0.1) is 0 Å². The number of carbonyl (C=O) groups is 1. The number of nitrogens with zero attached hydrogens (tertiary/aromatic N) is 1. The Labute approximate surface area is 136 Å². The lowest BCUT2D eigenvalue weighted by atomic mass is 10.2. The van der Waals surface area contributed by atoms with Crippen molar-refractivity contribution < 1.29 is 26.5 Å². The van der Waals surface area contributed by atoms with E-state index < -0.39 is 27.6 Å². The van der Waals surface area contributed by atoms with Crippen LogP contribution in [0.15, 0.2) is 24.3 Å². The molecule has 0 radical (unpaired) electrons. The molecule has 1 rings (SSSR count). The Morgan fingerprint density at radius 2 is 1.87 bits per heavy atom. The maximum absolute atomic E-state index is 13.8. The molecule has 0 unspecified atom stereocenters. The molecule has 0 heterocycles. The molecular formula is C15H22FNO5S. The molecule has 0 bridgehead atoms. The van der Waals surface area contributed by atoms with Crippen LogP contribution in [0.2, 0.25) is 0 Å². The van der Waals surface area contributed by atoms with Crippen LogP contribution in [0.5, 0.6) is 0 Å². The summed E-state index contributed by atoms with van der Waals surface area (Å²) < 4.78 is 45.7. The Kier molecular flexibility index (Phi) is 6.52. The third-order valence-electron chi connectivity index (χ3n) is 2.63. The number of benzene rings is 1. The van der Waals surface area contributed by atoms with E-state index in [1.807, 2.05) is 0 Å². The molecule has 0 aliphatic heterocycles. The molecule has 6 nitrogen and oxygen atoms in total. The van der Waals surface area contributed by atoms with Crippen LogP contribution in [0.3, 0.4) is 0 Å². The van der Waals surface area contributed by atoms with Crippen molar-refractivity contribution in [2.45, 2.75) is 32.9 Å². The van der Waals surface area contributed by atoms with E-state index in [4.69, 9.17) is 4.74 Å². The summed E-state index contributed by atoms with van der Waals surface area (Å²) in [7, 11) is -3.61. The highest BCUT2D eigenvalue weighted by molar-refractivity contribution is 7.85. The molecule has 0 saturated carbocycles. The van der Waals surface area contributed by atoms with Crippen LogP contribution in [0, 0.1) is 5.82 Å². The summed E-state index contributed by atoms with van der Waals surface area (Å²) in [6.45, 7) is 4.80. The molecule has 23 heavy (non-hydrogen) atoms. The van der Waals surface area contributed by atoms with E-state index in [0.29, 0.717) is 5.56 Å². The molecule has 1 amide bonds. The van der Waals surface area contributed by atoms with E-state index in [2.05, 4.69) is 4.18 Å². The lowest BCUT2D eigenvalue weighted by Crippen LogP contribution is -2.38. The first kappa shape index (κ1) is 19.4. The largest absolute Gasteiger partial charge is 0.444 e. The Bertz CT molecular complexity index is 640. The molecule has 1 aromatic rings. The number of hydrogen-bond donors (Lipinski definition) is 0. The minimum atomic E-state index is -3.61. The van der Waals surface area contributed by atoms with Gasteiger partial charge in [-0.25, -0.2) is 9.18 Å². The molecule has 130 valence electrons. The van der Waals surface area contributed by atoms with E-state index in [1.165, 1.54) is 11.0 Å². The molecule has 8 heteroatoms. The summed E-state index contributed by atoms with van der Waals surface area (Å²) in [6, 6.07) is 6.03. The third kappa shape index (κ3) is 7.94. The Morgan fingerprint density at radius 1 is 1.26 bits per heavy atom. The first-order chi connectivity index (χ1) is 10.5. The van der Waals surface area contributed by atoms with Crippen LogP contribution < -0.4 is 0 Å². The molecule has 0 aliphatic rings. The van der Waals surface area contributed by atoms with Crippen LogP contribution >= 0.6 is 0 Å². The predicted octanol–water partition coefficient (Wildman–Crippen LogP) is 2.54. The minimum Gasteiger partial charge on any atom is -0.444 e. The van der Waals surface area contributed by atoms with E-state index >= 15 is 0 Å². The lowest BCUT2D eigenvalue weighted by molar-refractivity contribution is 0.0208. The van der Waals surface area contributed by atoms with Gasteiger partial charge < -0.3 is 9.64 Å². The second-order valence-corrected chi connectivity index (χ2v) is 7.66. The molecule has 0 spiro atoms. The fourth-order valence-corrected chi connectivity index (χ4v) is 2.07. The van der Waals surface area contributed by atoms with Crippen molar-refractivity contribution >= 4 is 16.2 Å². The van der Waals surface area contributed by atoms with Crippen LogP contribution in [-0.4, -0.2) is 44.4 Å². The number of hydrogen-bond acceptors (Lipinski definition) is 5. The summed E-state index contributed by atoms with van der Waals surface area (Å²) >= 11 is 0. The summed E-state index contributed by atoms with van der Waals surface area (Å²) in [4.78, 5) is 13.4. The van der Waals surface area contributed by atoms with Gasteiger partial charge in [-0.2, -0.15) is 8.42 Å². The number of carbonyl (C=O) groups excluding carboxylic acids is 1. The minimum absolute atomic E-state index is 0.0453. The number of rotatable bonds is 6. The molecular weight excluding hydrogens is 325 g/mol. The highest BCUT2D eigenvalue weighted by Crippen LogP contribution is 2.14. The fraction of sp³-hybridized carbons (Fsp3) is 0.533. The zero-order valence-electron chi connectivity index (χ0n) is 13.7. The third-order valence-corrected chi connectivity index (χ3v) is 3.22. The summed E-state index contributed by atoms with van der Waals surface area (Å²) in [6.07, 6.45) is 0.250. The molecule has 0 saturated heterocycles. The van der Waals surface area contributed by atoms with E-state index in [0.717, 1.165) is 6.26 Å². The van der Waals surface area contributed by atoms with Crippen molar-refractivity contribution in [1.82, 2.24) is 4.90 Å². The Balaban J connectivity index is 2.83. The molecule has 0 aliphatic carbocycles. The van der Waals surface area contributed by atoms with Crippen molar-refractivity contribution in [3.63, 3.8) is 0 Å². The molecule has 1 aromatic carbocycles. The van der Waals surface area contributed by atoms with Crippen molar-refractivity contribution in [1.29, 1.82) is 0 Å². The first-order valence-electron chi connectivity index (χ1n) is 7.04. The van der Waals surface area contributed by atoms with Gasteiger partial charge >= 0.3 is 6.09 Å². The molecule has 0 N–H and O–H groups in total. The summed E-state index contributed by atoms with van der Waals surface area (Å²) in [5.74, 6) is -0.454. The summed E-state index contributed by atoms with van der Waals surface area (Å²) in [5, 5.41) is 0. The Morgan fingerprint density at radius 3 is 2.39 bits per heavy atom. The standard InChI is InChI=1S/C15H22FNO5S/c1-15(2,3)22-14(18)17(9-10-21-23(4,19)20)11-12-7-5-6-8-13(12)16/h5-8H,9-11H2,1-4H3. The number of halogens is 1. The quantitative estimate of drug-likeness (QED) is 0.740. The van der Waals surface area contributed by atoms with Gasteiger partial charge in [0, 0.05) is 12.1 Å². The lowest BCUT2D eigenvalue weighted by Gasteiger charge is -2.27. The van der Waals surface area contributed by atoms with Gasteiger partial charge in [0.2, 0.25) is 0 Å². The maximum atomic E-state index is 13.8. The number of ether oxygens (including phenoxy) is 1. The van der Waals surface area contributed by atoms with Crippen molar-refractivity contribution in [3.8, 4) is 0 Å². The van der Waals surface area contributed by atoms with Crippen LogP contribution in [-0.2, 0) is 25.6 Å². The van der Waals surface area contributed by atoms with Gasteiger partial charge in [-0.1, -0.05) is 18.2 Å². The normalized spacial score (nSPS) is 12.0. The second kappa shape index (κ2) is 7.74. The highest BCUT2D eigenvalue weighted by Gasteiger charge is 2.23. The SMILES string of the molecule is CC(C)(C)OC(=O)N(CCOS(C)(=O)=O)Cc1ccccc1F. The van der Waals surface area contributed by atoms with Crippen LogP contribution in [0.1, 0.15) is 26.3 Å². The van der Waals surface area contributed by atoms with Crippen LogP contribution in [0.25, 0.3) is 0 Å². The molecule has 0 atom stereocenters. The predicted molar refractivity (Wildman–Crippen MR) is 83.8 cm³/mol. The first-order valence-corrected chi connectivity index (χ1v) is 8.85. The van der Waals surface area contributed by atoms with E-state index in [9.17, 15) is 17.6 Å². The second-order valence-electron chi connectivity index (χ2n) is 6.02.